The second kappa shape index (κ2) is 12.4. The van der Waals surface area contributed by atoms with Crippen molar-refractivity contribution in [2.24, 2.45) is 11.5 Å². The first-order chi connectivity index (χ1) is 14.4. The van der Waals surface area contributed by atoms with Crippen LogP contribution in [0.2, 0.25) is 0 Å². The molecule has 32 heavy (non-hydrogen) atoms. The normalized spacial score (nSPS) is 16.8. The van der Waals surface area contributed by atoms with E-state index in [1.165, 1.54) is 0 Å². The zero-order chi connectivity index (χ0) is 21.7. The van der Waals surface area contributed by atoms with Crippen molar-refractivity contribution in [3.63, 3.8) is 0 Å². The highest BCUT2D eigenvalue weighted by molar-refractivity contribution is 5.95. The van der Waals surface area contributed by atoms with Gasteiger partial charge in [-0.1, -0.05) is 54.6 Å². The number of amidine groups is 1. The third-order valence-electron chi connectivity index (χ3n) is 5.53. The topological polar surface area (TPSA) is 125 Å². The van der Waals surface area contributed by atoms with Crippen molar-refractivity contribution >= 4 is 42.5 Å². The summed E-state index contributed by atoms with van der Waals surface area (Å²) in [6, 6.07) is 15.5. The van der Waals surface area contributed by atoms with Crippen molar-refractivity contribution in [1.29, 1.82) is 5.41 Å². The van der Waals surface area contributed by atoms with Crippen LogP contribution in [0.5, 0.6) is 0 Å². The van der Waals surface area contributed by atoms with Crippen LogP contribution in [0, 0.1) is 5.41 Å². The van der Waals surface area contributed by atoms with Crippen LogP contribution in [0.4, 0.5) is 0 Å². The zero-order valence-electron chi connectivity index (χ0n) is 18.0. The molecule has 0 radical (unpaired) electrons. The fraction of sp³-hybridized carbons (Fsp3) is 0.348. The van der Waals surface area contributed by atoms with Crippen molar-refractivity contribution < 1.29 is 9.59 Å². The highest BCUT2D eigenvalue weighted by atomic mass is 35.5. The lowest BCUT2D eigenvalue weighted by molar-refractivity contribution is -0.139. The molecule has 0 saturated carbocycles. The average molecular weight is 480 g/mol. The molecule has 1 fully saturated rings. The third kappa shape index (κ3) is 6.69. The molecular weight excluding hydrogens is 449 g/mol. The van der Waals surface area contributed by atoms with E-state index in [1.807, 2.05) is 49.4 Å². The lowest BCUT2D eigenvalue weighted by Gasteiger charge is -2.28. The number of amides is 2. The highest BCUT2D eigenvalue weighted by Gasteiger charge is 2.36. The number of benzene rings is 2. The van der Waals surface area contributed by atoms with Crippen LogP contribution < -0.4 is 16.8 Å². The predicted octanol–water partition coefficient (Wildman–Crippen LogP) is 2.55. The number of likely N-dealkylation sites (tertiary alicyclic amines) is 1. The first kappa shape index (κ1) is 27.4. The quantitative estimate of drug-likeness (QED) is 0.359. The van der Waals surface area contributed by atoms with Crippen molar-refractivity contribution in [2.75, 3.05) is 6.54 Å². The molecule has 0 bridgehead atoms. The Balaban J connectivity index is 0.00000256. The minimum absolute atomic E-state index is 0. The second-order valence-corrected chi connectivity index (χ2v) is 7.75. The Morgan fingerprint density at radius 3 is 2.34 bits per heavy atom. The van der Waals surface area contributed by atoms with E-state index in [0.717, 1.165) is 17.5 Å². The lowest BCUT2D eigenvalue weighted by Crippen LogP contribution is -2.52. The fourth-order valence-electron chi connectivity index (χ4n) is 3.82. The van der Waals surface area contributed by atoms with Crippen LogP contribution in [0.1, 0.15) is 42.5 Å². The summed E-state index contributed by atoms with van der Waals surface area (Å²) in [7, 11) is 0. The van der Waals surface area contributed by atoms with E-state index in [9.17, 15) is 9.59 Å². The Morgan fingerprint density at radius 1 is 1.12 bits per heavy atom. The molecular formula is C23H31Cl2N5O2. The molecule has 7 nitrogen and oxygen atoms in total. The van der Waals surface area contributed by atoms with Gasteiger partial charge >= 0.3 is 0 Å². The summed E-state index contributed by atoms with van der Waals surface area (Å²) in [5.74, 6) is -0.351. The smallest absolute Gasteiger partial charge is 0.243 e. The molecule has 0 aromatic heterocycles. The van der Waals surface area contributed by atoms with Gasteiger partial charge in [0.15, 0.2) is 0 Å². The van der Waals surface area contributed by atoms with Gasteiger partial charge in [0, 0.05) is 12.1 Å². The van der Waals surface area contributed by atoms with Crippen LogP contribution in [0.3, 0.4) is 0 Å². The predicted molar refractivity (Wildman–Crippen MR) is 131 cm³/mol. The largest absolute Gasteiger partial charge is 0.384 e. The van der Waals surface area contributed by atoms with E-state index in [0.29, 0.717) is 24.9 Å². The number of carbonyl (C=O) groups excluding carboxylic acids is 2. The van der Waals surface area contributed by atoms with Crippen molar-refractivity contribution in [3.8, 4) is 0 Å². The molecule has 6 N–H and O–H groups in total. The molecule has 2 aromatic carbocycles. The Kier molecular flexibility index (Phi) is 10.7. The van der Waals surface area contributed by atoms with E-state index in [1.54, 1.807) is 17.0 Å². The van der Waals surface area contributed by atoms with Crippen LogP contribution in [0.25, 0.3) is 0 Å². The van der Waals surface area contributed by atoms with Gasteiger partial charge in [0.05, 0.1) is 12.1 Å². The molecule has 3 atom stereocenters. The highest BCUT2D eigenvalue weighted by Crippen LogP contribution is 2.21. The fourth-order valence-corrected chi connectivity index (χ4v) is 3.82. The Bertz CT molecular complexity index is 908. The summed E-state index contributed by atoms with van der Waals surface area (Å²) in [4.78, 5) is 27.4. The second-order valence-electron chi connectivity index (χ2n) is 7.75. The van der Waals surface area contributed by atoms with Gasteiger partial charge in [-0.15, -0.1) is 24.8 Å². The standard InChI is InChI=1S/C23H29N5O2.2ClH/c1-15(17-9-11-18(12-10-17)21(25)26)27-22(29)20-8-5-13-28(20)23(30)19(24)14-16-6-3-2-4-7-16;;/h2-4,6-7,9-12,15,19-20H,5,8,13-14,24H2,1H3,(H3,25,26)(H,27,29);2*1H/t15?,19-,20-;;/m0../s1. The molecule has 0 aliphatic carbocycles. The number of nitrogens with two attached hydrogens (primary N) is 2. The molecule has 2 aromatic rings. The van der Waals surface area contributed by atoms with Gasteiger partial charge in [0.2, 0.25) is 11.8 Å². The van der Waals surface area contributed by atoms with Crippen molar-refractivity contribution in [2.45, 2.75) is 44.3 Å². The summed E-state index contributed by atoms with van der Waals surface area (Å²) in [6.45, 7) is 2.43. The van der Waals surface area contributed by atoms with Gasteiger partial charge in [-0.3, -0.25) is 15.0 Å². The van der Waals surface area contributed by atoms with Crippen LogP contribution >= 0.6 is 24.8 Å². The Hall–Kier alpha value is -2.61. The monoisotopic (exact) mass is 479 g/mol. The van der Waals surface area contributed by atoms with E-state index < -0.39 is 12.1 Å². The summed E-state index contributed by atoms with van der Waals surface area (Å²) in [5.41, 5.74) is 14.2. The van der Waals surface area contributed by atoms with Gasteiger partial charge in [0.1, 0.15) is 11.9 Å². The van der Waals surface area contributed by atoms with Gasteiger partial charge in [-0.05, 0) is 37.3 Å². The maximum Gasteiger partial charge on any atom is 0.243 e. The average Bonchev–Trinajstić information content (AvgIpc) is 3.24. The molecule has 1 saturated heterocycles. The van der Waals surface area contributed by atoms with E-state index in [2.05, 4.69) is 5.32 Å². The molecule has 174 valence electrons. The molecule has 1 heterocycles. The van der Waals surface area contributed by atoms with Crippen LogP contribution in [-0.4, -0.2) is 41.2 Å². The number of carbonyl (C=O) groups is 2. The number of nitrogens with one attached hydrogen (secondary N) is 2. The van der Waals surface area contributed by atoms with Crippen LogP contribution in [-0.2, 0) is 16.0 Å². The number of hydrogen-bond acceptors (Lipinski definition) is 4. The molecule has 9 heteroatoms. The zero-order valence-corrected chi connectivity index (χ0v) is 19.6. The molecule has 1 aliphatic heterocycles. The van der Waals surface area contributed by atoms with Gasteiger partial charge in [-0.2, -0.15) is 0 Å². The number of nitrogens with zero attached hydrogens (tertiary/aromatic N) is 1. The maximum atomic E-state index is 12.9. The molecule has 2 amide bonds. The molecule has 3 rings (SSSR count). The van der Waals surface area contributed by atoms with Crippen molar-refractivity contribution in [1.82, 2.24) is 10.2 Å². The SMILES string of the molecule is CC(NC(=O)[C@@H]1CCCN1C(=O)[C@@H](N)Cc1ccccc1)c1ccc(C(=N)N)cc1.Cl.Cl. The first-order valence-electron chi connectivity index (χ1n) is 10.2. The van der Waals surface area contributed by atoms with E-state index >= 15 is 0 Å². The Morgan fingerprint density at radius 2 is 1.75 bits per heavy atom. The van der Waals surface area contributed by atoms with E-state index in [4.69, 9.17) is 16.9 Å². The number of rotatable bonds is 7. The molecule has 1 unspecified atom stereocenters. The number of halogens is 2. The lowest BCUT2D eigenvalue weighted by atomic mass is 10.0. The summed E-state index contributed by atoms with van der Waals surface area (Å²) >= 11 is 0. The third-order valence-corrected chi connectivity index (χ3v) is 5.53. The van der Waals surface area contributed by atoms with E-state index in [-0.39, 0.29) is 48.5 Å². The molecule has 0 spiro atoms. The van der Waals surface area contributed by atoms with Crippen LogP contribution in [0.15, 0.2) is 54.6 Å². The van der Waals surface area contributed by atoms with Crippen molar-refractivity contribution in [3.05, 3.63) is 71.3 Å². The summed E-state index contributed by atoms with van der Waals surface area (Å²) < 4.78 is 0. The Labute approximate surface area is 201 Å². The van der Waals surface area contributed by atoms with Gasteiger partial charge in [0.25, 0.3) is 0 Å². The van der Waals surface area contributed by atoms with Gasteiger partial charge in [-0.25, -0.2) is 0 Å². The minimum Gasteiger partial charge on any atom is -0.384 e. The first-order valence-corrected chi connectivity index (χ1v) is 10.2. The summed E-state index contributed by atoms with van der Waals surface area (Å²) in [5, 5.41) is 10.5. The maximum absolute atomic E-state index is 12.9. The summed E-state index contributed by atoms with van der Waals surface area (Å²) in [6.07, 6.45) is 1.86. The number of nitrogen functional groups attached to an aromatic ring is 1. The number of hydrogen-bond donors (Lipinski definition) is 4. The molecule has 1 aliphatic rings. The van der Waals surface area contributed by atoms with Gasteiger partial charge < -0.3 is 21.7 Å². The minimum atomic E-state index is -0.669.